The Labute approximate surface area is 88.1 Å². The van der Waals surface area contributed by atoms with E-state index in [1.165, 1.54) is 9.13 Å². The van der Waals surface area contributed by atoms with Gasteiger partial charge in [0.05, 0.1) is 6.00 Å². The lowest BCUT2D eigenvalue weighted by Crippen LogP contribution is -2.10. The molecule has 1 aromatic carbocycles. The molecule has 0 N–H and O–H groups in total. The molecule has 0 amide bonds. The minimum atomic E-state index is 0.253. The molecule has 12 heavy (non-hydrogen) atoms. The molecule has 1 nitrogen and oxygen atoms in total. The molecule has 0 spiro atoms. The summed E-state index contributed by atoms with van der Waals surface area (Å²) in [7, 11) is 2.03. The summed E-state index contributed by atoms with van der Waals surface area (Å²) in [5.74, 6) is 0.958. The van der Waals surface area contributed by atoms with Crippen LogP contribution in [0.15, 0.2) is 18.2 Å². The summed E-state index contributed by atoms with van der Waals surface area (Å²) >= 11 is 2.32. The molecule has 1 unspecified atom stereocenters. The summed E-state index contributed by atoms with van der Waals surface area (Å²) in [6, 6.07) is 6.41. The van der Waals surface area contributed by atoms with Crippen LogP contribution < -0.4 is 4.74 Å². The second-order valence-corrected chi connectivity index (χ2v) is 4.24. The molecular formula is C9H12BIO. The standard InChI is InChI=1S/C9H12BIO/c1-6-3-4-8(5-9(6)11)12-7(2)10/h3-5,7H,10H2,1-2H3. The molecule has 0 fully saturated rings. The van der Waals surface area contributed by atoms with Gasteiger partial charge < -0.3 is 4.74 Å². The van der Waals surface area contributed by atoms with E-state index in [1.807, 2.05) is 20.8 Å². The fourth-order valence-electron chi connectivity index (χ4n) is 0.919. The van der Waals surface area contributed by atoms with Crippen molar-refractivity contribution in [2.24, 2.45) is 0 Å². The van der Waals surface area contributed by atoms with Crippen LogP contribution in [0, 0.1) is 10.5 Å². The topological polar surface area (TPSA) is 9.23 Å². The van der Waals surface area contributed by atoms with Crippen LogP contribution in [0.1, 0.15) is 12.5 Å². The molecule has 0 saturated heterocycles. The molecule has 0 aliphatic heterocycles. The van der Waals surface area contributed by atoms with Gasteiger partial charge in [-0.25, -0.2) is 0 Å². The number of rotatable bonds is 2. The molecule has 0 aliphatic carbocycles. The summed E-state index contributed by atoms with van der Waals surface area (Å²) in [4.78, 5) is 0. The Balaban J connectivity index is 2.82. The van der Waals surface area contributed by atoms with Gasteiger partial charge in [-0.05, 0) is 54.1 Å². The molecule has 1 aromatic rings. The largest absolute Gasteiger partial charge is 0.500 e. The highest BCUT2D eigenvalue weighted by atomic mass is 127. The number of ether oxygens (including phenoxy) is 1. The molecule has 1 rings (SSSR count). The highest BCUT2D eigenvalue weighted by molar-refractivity contribution is 14.1. The summed E-state index contributed by atoms with van der Waals surface area (Å²) in [5.41, 5.74) is 1.30. The Morgan fingerprint density at radius 3 is 2.67 bits per heavy atom. The third-order valence-electron chi connectivity index (χ3n) is 1.52. The van der Waals surface area contributed by atoms with Crippen LogP contribution in [0.2, 0.25) is 0 Å². The van der Waals surface area contributed by atoms with Gasteiger partial charge >= 0.3 is 0 Å². The van der Waals surface area contributed by atoms with Crippen LogP contribution in [0.5, 0.6) is 5.75 Å². The molecule has 0 aliphatic rings. The van der Waals surface area contributed by atoms with Crippen LogP contribution in [0.25, 0.3) is 0 Å². The minimum Gasteiger partial charge on any atom is -0.500 e. The van der Waals surface area contributed by atoms with E-state index in [1.54, 1.807) is 0 Å². The maximum absolute atomic E-state index is 5.55. The quantitative estimate of drug-likeness (QED) is 0.591. The Bertz CT molecular complexity index is 273. The van der Waals surface area contributed by atoms with E-state index in [4.69, 9.17) is 4.74 Å². The second kappa shape index (κ2) is 4.17. The van der Waals surface area contributed by atoms with Crippen LogP contribution >= 0.6 is 22.6 Å². The van der Waals surface area contributed by atoms with E-state index in [2.05, 4.69) is 41.6 Å². The minimum absolute atomic E-state index is 0.253. The third kappa shape index (κ3) is 2.70. The molecule has 3 heteroatoms. The highest BCUT2D eigenvalue weighted by Crippen LogP contribution is 2.19. The van der Waals surface area contributed by atoms with Crippen molar-refractivity contribution in [2.75, 3.05) is 0 Å². The fraction of sp³-hybridized carbons (Fsp3) is 0.333. The fourth-order valence-corrected chi connectivity index (χ4v) is 1.41. The van der Waals surface area contributed by atoms with Gasteiger partial charge in [-0.2, -0.15) is 0 Å². The van der Waals surface area contributed by atoms with Gasteiger partial charge in [0.2, 0.25) is 0 Å². The van der Waals surface area contributed by atoms with E-state index in [0.29, 0.717) is 0 Å². The number of aryl methyl sites for hydroxylation is 1. The Morgan fingerprint density at radius 1 is 1.50 bits per heavy atom. The number of halogens is 1. The zero-order valence-electron chi connectivity index (χ0n) is 7.60. The molecule has 1 atom stereocenters. The van der Waals surface area contributed by atoms with E-state index in [0.717, 1.165) is 5.75 Å². The molecule has 0 radical (unpaired) electrons. The van der Waals surface area contributed by atoms with Crippen molar-refractivity contribution in [1.82, 2.24) is 0 Å². The Kier molecular flexibility index (Phi) is 3.44. The first kappa shape index (κ1) is 9.90. The average molecular weight is 274 g/mol. The summed E-state index contributed by atoms with van der Waals surface area (Å²) < 4.78 is 6.80. The highest BCUT2D eigenvalue weighted by Gasteiger charge is 1.99. The number of benzene rings is 1. The van der Waals surface area contributed by atoms with Crippen molar-refractivity contribution in [3.63, 3.8) is 0 Å². The van der Waals surface area contributed by atoms with Gasteiger partial charge in [0.25, 0.3) is 0 Å². The van der Waals surface area contributed by atoms with Crippen molar-refractivity contribution >= 4 is 30.4 Å². The summed E-state index contributed by atoms with van der Waals surface area (Å²) in [6.07, 6.45) is 0. The Morgan fingerprint density at radius 2 is 2.17 bits per heavy atom. The molecule has 0 saturated carbocycles. The van der Waals surface area contributed by atoms with E-state index in [9.17, 15) is 0 Å². The smallest absolute Gasteiger partial charge is 0.154 e. The first-order chi connectivity index (χ1) is 5.59. The maximum atomic E-state index is 5.55. The summed E-state index contributed by atoms with van der Waals surface area (Å²) in [5, 5.41) is 0. The summed E-state index contributed by atoms with van der Waals surface area (Å²) in [6.45, 7) is 4.13. The number of hydrogen-bond donors (Lipinski definition) is 0. The van der Waals surface area contributed by atoms with Gasteiger partial charge in [-0.3, -0.25) is 0 Å². The lowest BCUT2D eigenvalue weighted by atomic mass is 10.0. The van der Waals surface area contributed by atoms with Crippen molar-refractivity contribution in [3.05, 3.63) is 27.3 Å². The van der Waals surface area contributed by atoms with Crippen LogP contribution in [-0.2, 0) is 0 Å². The van der Waals surface area contributed by atoms with E-state index in [-0.39, 0.29) is 6.00 Å². The first-order valence-electron chi connectivity index (χ1n) is 4.02. The predicted octanol–water partition coefficient (Wildman–Crippen LogP) is 1.96. The van der Waals surface area contributed by atoms with Gasteiger partial charge in [-0.15, -0.1) is 0 Å². The van der Waals surface area contributed by atoms with E-state index >= 15 is 0 Å². The molecule has 0 aromatic heterocycles. The van der Waals surface area contributed by atoms with Crippen molar-refractivity contribution in [3.8, 4) is 5.75 Å². The van der Waals surface area contributed by atoms with Gasteiger partial charge in [-0.1, -0.05) is 6.07 Å². The van der Waals surface area contributed by atoms with Crippen molar-refractivity contribution in [1.29, 1.82) is 0 Å². The van der Waals surface area contributed by atoms with Crippen molar-refractivity contribution in [2.45, 2.75) is 19.9 Å². The SMILES string of the molecule is BC(C)Oc1ccc(C)c(I)c1. The molecule has 64 valence electrons. The molecule has 0 heterocycles. The number of hydrogen-bond acceptors (Lipinski definition) is 1. The molecule has 0 bridgehead atoms. The monoisotopic (exact) mass is 274 g/mol. The lowest BCUT2D eigenvalue weighted by Gasteiger charge is -2.10. The van der Waals surface area contributed by atoms with E-state index < -0.39 is 0 Å². The average Bonchev–Trinajstić information content (AvgIpc) is 1.96. The normalized spacial score (nSPS) is 12.6. The van der Waals surface area contributed by atoms with Gasteiger partial charge in [0, 0.05) is 3.57 Å². The lowest BCUT2D eigenvalue weighted by molar-refractivity contribution is 0.300. The van der Waals surface area contributed by atoms with Gasteiger partial charge in [0.1, 0.15) is 5.75 Å². The third-order valence-corrected chi connectivity index (χ3v) is 2.68. The first-order valence-corrected chi connectivity index (χ1v) is 5.10. The van der Waals surface area contributed by atoms with Crippen molar-refractivity contribution < 1.29 is 4.74 Å². The second-order valence-electron chi connectivity index (χ2n) is 3.08. The zero-order chi connectivity index (χ0) is 9.14. The van der Waals surface area contributed by atoms with Gasteiger partial charge in [0.15, 0.2) is 7.85 Å². The Hall–Kier alpha value is -0.185. The zero-order valence-corrected chi connectivity index (χ0v) is 9.75. The van der Waals surface area contributed by atoms with Crippen LogP contribution in [0.4, 0.5) is 0 Å². The van der Waals surface area contributed by atoms with Crippen LogP contribution in [-0.4, -0.2) is 13.8 Å². The maximum Gasteiger partial charge on any atom is 0.154 e. The predicted molar refractivity (Wildman–Crippen MR) is 62.5 cm³/mol. The van der Waals surface area contributed by atoms with Crippen LogP contribution in [0.3, 0.4) is 0 Å². The molecular weight excluding hydrogens is 262 g/mol.